The number of likely N-dealkylation sites (tertiary alicyclic amines) is 1. The van der Waals surface area contributed by atoms with Gasteiger partial charge in [0.25, 0.3) is 5.89 Å². The minimum Gasteiger partial charge on any atom is -0.497 e. The number of piperidine rings is 1. The van der Waals surface area contributed by atoms with Crippen molar-refractivity contribution in [2.45, 2.75) is 25.3 Å². The molecule has 4 rings (SSSR count). The van der Waals surface area contributed by atoms with Gasteiger partial charge in [0.2, 0.25) is 5.89 Å². The van der Waals surface area contributed by atoms with Crippen LogP contribution in [0.15, 0.2) is 53.1 Å². The molecule has 0 aliphatic carbocycles. The summed E-state index contributed by atoms with van der Waals surface area (Å²) >= 11 is 0. The van der Waals surface area contributed by atoms with Gasteiger partial charge in [-0.1, -0.05) is 18.2 Å². The van der Waals surface area contributed by atoms with Crippen molar-refractivity contribution in [1.29, 1.82) is 0 Å². The topological polar surface area (TPSA) is 64.3 Å². The van der Waals surface area contributed by atoms with Crippen molar-refractivity contribution in [3.63, 3.8) is 0 Å². The van der Waals surface area contributed by atoms with E-state index in [1.54, 1.807) is 13.3 Å². The highest BCUT2D eigenvalue weighted by Gasteiger charge is 2.26. The van der Waals surface area contributed by atoms with E-state index in [0.29, 0.717) is 11.8 Å². The molecule has 1 aliphatic rings. The molecular weight excluding hydrogens is 328 g/mol. The Morgan fingerprint density at radius 2 is 2.04 bits per heavy atom. The molecule has 3 aromatic rings. The van der Waals surface area contributed by atoms with Crippen molar-refractivity contribution in [3.05, 3.63) is 60.1 Å². The molecule has 1 unspecified atom stereocenters. The molecule has 1 aromatic carbocycles. The van der Waals surface area contributed by atoms with Gasteiger partial charge in [-0.3, -0.25) is 9.88 Å². The van der Waals surface area contributed by atoms with Crippen molar-refractivity contribution >= 4 is 0 Å². The number of aromatic nitrogens is 3. The minimum absolute atomic E-state index is 0.270. The van der Waals surface area contributed by atoms with E-state index in [9.17, 15) is 0 Å². The summed E-state index contributed by atoms with van der Waals surface area (Å²) < 4.78 is 11.1. The van der Waals surface area contributed by atoms with Gasteiger partial charge in [-0.2, -0.15) is 0 Å². The van der Waals surface area contributed by atoms with Gasteiger partial charge in [-0.15, -0.1) is 10.2 Å². The van der Waals surface area contributed by atoms with Crippen molar-refractivity contribution in [2.24, 2.45) is 0 Å². The molecule has 0 spiro atoms. The van der Waals surface area contributed by atoms with Gasteiger partial charge in [0.15, 0.2) is 0 Å². The molecule has 0 bridgehead atoms. The van der Waals surface area contributed by atoms with Crippen LogP contribution in [0.3, 0.4) is 0 Å². The lowest BCUT2D eigenvalue weighted by molar-refractivity contribution is 0.186. The molecule has 1 atom stereocenters. The SMILES string of the molecule is COc1ccc(CN2CCCC(c3nnc(-c4ccccn4)o3)C2)cc1. The Morgan fingerprint density at radius 3 is 2.81 bits per heavy atom. The summed E-state index contributed by atoms with van der Waals surface area (Å²) in [7, 11) is 1.69. The number of methoxy groups -OCH3 is 1. The first-order valence-corrected chi connectivity index (χ1v) is 8.92. The number of hydrogen-bond donors (Lipinski definition) is 0. The molecule has 1 aliphatic heterocycles. The third-order valence-corrected chi connectivity index (χ3v) is 4.74. The van der Waals surface area contributed by atoms with E-state index >= 15 is 0 Å². The van der Waals surface area contributed by atoms with Crippen LogP contribution in [0.2, 0.25) is 0 Å². The number of rotatable bonds is 5. The van der Waals surface area contributed by atoms with E-state index < -0.39 is 0 Å². The van der Waals surface area contributed by atoms with Gasteiger partial charge in [-0.05, 0) is 49.2 Å². The largest absolute Gasteiger partial charge is 0.497 e. The Hall–Kier alpha value is -2.73. The van der Waals surface area contributed by atoms with Gasteiger partial charge >= 0.3 is 0 Å². The Labute approximate surface area is 152 Å². The third-order valence-electron chi connectivity index (χ3n) is 4.74. The summed E-state index contributed by atoms with van der Waals surface area (Å²) in [5.74, 6) is 2.36. The van der Waals surface area contributed by atoms with Crippen molar-refractivity contribution in [3.8, 4) is 17.3 Å². The quantitative estimate of drug-likeness (QED) is 0.701. The molecule has 0 saturated carbocycles. The van der Waals surface area contributed by atoms with Crippen LogP contribution in [0, 0.1) is 0 Å². The third kappa shape index (κ3) is 3.75. The van der Waals surface area contributed by atoms with Crippen LogP contribution >= 0.6 is 0 Å². The summed E-state index contributed by atoms with van der Waals surface area (Å²) in [6.45, 7) is 2.93. The zero-order valence-corrected chi connectivity index (χ0v) is 14.8. The second-order valence-electron chi connectivity index (χ2n) is 6.58. The number of benzene rings is 1. The van der Waals surface area contributed by atoms with Crippen LogP contribution < -0.4 is 4.74 Å². The number of pyridine rings is 1. The zero-order chi connectivity index (χ0) is 17.8. The van der Waals surface area contributed by atoms with E-state index in [0.717, 1.165) is 43.9 Å². The summed E-state index contributed by atoms with van der Waals surface area (Å²) in [5.41, 5.74) is 2.00. The van der Waals surface area contributed by atoms with Gasteiger partial charge in [0.1, 0.15) is 11.4 Å². The van der Waals surface area contributed by atoms with Crippen LogP contribution in [0.1, 0.15) is 30.2 Å². The van der Waals surface area contributed by atoms with Gasteiger partial charge in [-0.25, -0.2) is 0 Å². The first kappa shape index (κ1) is 16.7. The molecule has 0 N–H and O–H groups in total. The van der Waals surface area contributed by atoms with E-state index in [-0.39, 0.29) is 5.92 Å². The first-order chi connectivity index (χ1) is 12.8. The Bertz CT molecular complexity index is 833. The highest BCUT2D eigenvalue weighted by atomic mass is 16.5. The number of ether oxygens (including phenoxy) is 1. The number of hydrogen-bond acceptors (Lipinski definition) is 6. The molecule has 3 heterocycles. The van der Waals surface area contributed by atoms with Crippen LogP contribution in [0.4, 0.5) is 0 Å². The van der Waals surface area contributed by atoms with Crippen molar-refractivity contribution in [1.82, 2.24) is 20.1 Å². The van der Waals surface area contributed by atoms with Gasteiger partial charge < -0.3 is 9.15 Å². The predicted octanol–water partition coefficient (Wildman–Crippen LogP) is 3.52. The van der Waals surface area contributed by atoms with Gasteiger partial charge in [0.05, 0.1) is 13.0 Å². The smallest absolute Gasteiger partial charge is 0.266 e. The van der Waals surface area contributed by atoms with E-state index in [2.05, 4.69) is 32.2 Å². The molecule has 0 amide bonds. The molecular formula is C20H22N4O2. The molecule has 0 radical (unpaired) electrons. The van der Waals surface area contributed by atoms with Crippen LogP contribution in [0.25, 0.3) is 11.6 Å². The van der Waals surface area contributed by atoms with Crippen molar-refractivity contribution < 1.29 is 9.15 Å². The molecule has 26 heavy (non-hydrogen) atoms. The van der Waals surface area contributed by atoms with Crippen LogP contribution in [-0.2, 0) is 6.54 Å². The summed E-state index contributed by atoms with van der Waals surface area (Å²) in [5, 5.41) is 8.46. The monoisotopic (exact) mass is 350 g/mol. The van der Waals surface area contributed by atoms with E-state index in [1.165, 1.54) is 5.56 Å². The average Bonchev–Trinajstić information content (AvgIpc) is 3.20. The molecule has 134 valence electrons. The Balaban J connectivity index is 1.42. The molecule has 1 saturated heterocycles. The van der Waals surface area contributed by atoms with Crippen LogP contribution in [-0.4, -0.2) is 40.3 Å². The molecule has 6 heteroatoms. The fraction of sp³-hybridized carbons (Fsp3) is 0.350. The molecule has 1 fully saturated rings. The lowest BCUT2D eigenvalue weighted by atomic mass is 9.97. The second-order valence-corrected chi connectivity index (χ2v) is 6.58. The number of nitrogens with zero attached hydrogens (tertiary/aromatic N) is 4. The van der Waals surface area contributed by atoms with Crippen molar-refractivity contribution in [2.75, 3.05) is 20.2 Å². The summed E-state index contributed by atoms with van der Waals surface area (Å²) in [6, 6.07) is 13.9. The lowest BCUT2D eigenvalue weighted by Gasteiger charge is -2.31. The summed E-state index contributed by atoms with van der Waals surface area (Å²) in [6.07, 6.45) is 3.93. The Kier molecular flexibility index (Phi) is 4.93. The maximum absolute atomic E-state index is 5.91. The first-order valence-electron chi connectivity index (χ1n) is 8.92. The second kappa shape index (κ2) is 7.66. The minimum atomic E-state index is 0.270. The van der Waals surface area contributed by atoms with E-state index in [1.807, 2.05) is 30.3 Å². The highest BCUT2D eigenvalue weighted by Crippen LogP contribution is 2.28. The van der Waals surface area contributed by atoms with Crippen LogP contribution in [0.5, 0.6) is 5.75 Å². The molecule has 2 aromatic heterocycles. The standard InChI is InChI=1S/C20H22N4O2/c1-25-17-9-7-15(8-10-17)13-24-12-4-5-16(14-24)19-22-23-20(26-19)18-6-2-3-11-21-18/h2-3,6-11,16H,4-5,12-14H2,1H3. The Morgan fingerprint density at radius 1 is 1.15 bits per heavy atom. The highest BCUT2D eigenvalue weighted by molar-refractivity contribution is 5.45. The van der Waals surface area contributed by atoms with Gasteiger partial charge in [0, 0.05) is 19.3 Å². The predicted molar refractivity (Wildman–Crippen MR) is 97.8 cm³/mol. The zero-order valence-electron chi connectivity index (χ0n) is 14.8. The normalized spacial score (nSPS) is 18.0. The average molecular weight is 350 g/mol. The maximum Gasteiger partial charge on any atom is 0.266 e. The van der Waals surface area contributed by atoms with E-state index in [4.69, 9.17) is 9.15 Å². The summed E-state index contributed by atoms with van der Waals surface area (Å²) in [4.78, 5) is 6.72. The maximum atomic E-state index is 5.91. The molecule has 6 nitrogen and oxygen atoms in total. The fourth-order valence-electron chi connectivity index (χ4n) is 3.38. The fourth-order valence-corrected chi connectivity index (χ4v) is 3.38. The lowest BCUT2D eigenvalue weighted by Crippen LogP contribution is -2.34.